The number of hydrogen-bond acceptors (Lipinski definition) is 3. The van der Waals surface area contributed by atoms with Crippen molar-refractivity contribution in [3.05, 3.63) is 59.9 Å². The number of hydrogen-bond donors (Lipinski definition) is 0. The first-order valence-corrected chi connectivity index (χ1v) is 9.19. The molecule has 1 heterocycles. The molecule has 136 valence electrons. The molecule has 0 saturated carbocycles. The summed E-state index contributed by atoms with van der Waals surface area (Å²) < 4.78 is 30.9. The van der Waals surface area contributed by atoms with Gasteiger partial charge in [0.05, 0.1) is 19.8 Å². The van der Waals surface area contributed by atoms with E-state index < -0.39 is 0 Å². The number of halogens is 1. The SMILES string of the molecule is CCOc1ccc(-c2ccc(C3=CCC4(CC3)OCCO4)cc2)cc1F. The average molecular weight is 354 g/mol. The minimum Gasteiger partial charge on any atom is -0.491 e. The van der Waals surface area contributed by atoms with Crippen LogP contribution in [0.1, 0.15) is 31.7 Å². The summed E-state index contributed by atoms with van der Waals surface area (Å²) in [6.07, 6.45) is 4.86. The van der Waals surface area contributed by atoms with E-state index in [1.54, 1.807) is 6.07 Å². The van der Waals surface area contributed by atoms with Gasteiger partial charge in [-0.1, -0.05) is 36.4 Å². The molecule has 2 aromatic carbocycles. The van der Waals surface area contributed by atoms with E-state index in [0.29, 0.717) is 25.6 Å². The van der Waals surface area contributed by atoms with Crippen LogP contribution in [0.4, 0.5) is 4.39 Å². The van der Waals surface area contributed by atoms with Gasteiger partial charge < -0.3 is 14.2 Å². The van der Waals surface area contributed by atoms with Crippen molar-refractivity contribution in [1.82, 2.24) is 0 Å². The molecule has 3 nitrogen and oxygen atoms in total. The van der Waals surface area contributed by atoms with Gasteiger partial charge in [-0.15, -0.1) is 0 Å². The summed E-state index contributed by atoms with van der Waals surface area (Å²) in [4.78, 5) is 0. The van der Waals surface area contributed by atoms with E-state index in [1.165, 1.54) is 17.2 Å². The Bertz CT molecular complexity index is 805. The molecule has 0 radical (unpaired) electrons. The molecular weight excluding hydrogens is 331 g/mol. The summed E-state index contributed by atoms with van der Waals surface area (Å²) in [5, 5.41) is 0. The average Bonchev–Trinajstić information content (AvgIpc) is 3.12. The Hall–Kier alpha value is -2.17. The molecule has 0 bridgehead atoms. The smallest absolute Gasteiger partial charge is 0.172 e. The van der Waals surface area contributed by atoms with E-state index >= 15 is 0 Å². The molecule has 0 aromatic heterocycles. The molecule has 1 fully saturated rings. The molecular formula is C22H23FO3. The van der Waals surface area contributed by atoms with E-state index in [2.05, 4.69) is 18.2 Å². The van der Waals surface area contributed by atoms with Gasteiger partial charge in [-0.05, 0) is 47.7 Å². The molecule has 0 unspecified atom stereocenters. The van der Waals surface area contributed by atoms with E-state index in [-0.39, 0.29) is 11.6 Å². The summed E-state index contributed by atoms with van der Waals surface area (Å²) in [5.74, 6) is -0.417. The highest BCUT2D eigenvalue weighted by atomic mass is 19.1. The van der Waals surface area contributed by atoms with E-state index in [4.69, 9.17) is 14.2 Å². The zero-order valence-electron chi connectivity index (χ0n) is 15.0. The number of rotatable bonds is 4. The van der Waals surface area contributed by atoms with Crippen molar-refractivity contribution in [1.29, 1.82) is 0 Å². The van der Waals surface area contributed by atoms with Crippen LogP contribution in [0.3, 0.4) is 0 Å². The second-order valence-electron chi connectivity index (χ2n) is 6.70. The first-order valence-electron chi connectivity index (χ1n) is 9.19. The fourth-order valence-electron chi connectivity index (χ4n) is 3.66. The van der Waals surface area contributed by atoms with E-state index in [0.717, 1.165) is 30.4 Å². The predicted octanol–water partition coefficient (Wildman–Crippen LogP) is 5.20. The highest BCUT2D eigenvalue weighted by Gasteiger charge is 2.37. The Morgan fingerprint density at radius 3 is 2.31 bits per heavy atom. The highest BCUT2D eigenvalue weighted by Crippen LogP contribution is 2.38. The molecule has 4 rings (SSSR count). The van der Waals surface area contributed by atoms with E-state index in [1.807, 2.05) is 25.1 Å². The number of benzene rings is 2. The Balaban J connectivity index is 1.50. The van der Waals surface area contributed by atoms with Crippen LogP contribution in [0.25, 0.3) is 16.7 Å². The van der Waals surface area contributed by atoms with Gasteiger partial charge in [-0.3, -0.25) is 0 Å². The summed E-state index contributed by atoms with van der Waals surface area (Å²) in [5.41, 5.74) is 4.36. The van der Waals surface area contributed by atoms with Crippen LogP contribution in [0.5, 0.6) is 5.75 Å². The maximum Gasteiger partial charge on any atom is 0.172 e. The van der Waals surface area contributed by atoms with Crippen molar-refractivity contribution in [2.24, 2.45) is 0 Å². The fourth-order valence-corrected chi connectivity index (χ4v) is 3.66. The van der Waals surface area contributed by atoms with Crippen molar-refractivity contribution >= 4 is 5.57 Å². The van der Waals surface area contributed by atoms with Crippen LogP contribution < -0.4 is 4.74 Å². The molecule has 4 heteroatoms. The van der Waals surface area contributed by atoms with Crippen LogP contribution in [-0.2, 0) is 9.47 Å². The lowest BCUT2D eigenvalue weighted by Crippen LogP contribution is -2.31. The van der Waals surface area contributed by atoms with Gasteiger partial charge in [0.15, 0.2) is 17.4 Å². The van der Waals surface area contributed by atoms with Gasteiger partial charge in [0.2, 0.25) is 0 Å². The summed E-state index contributed by atoms with van der Waals surface area (Å²) in [6.45, 7) is 3.68. The first kappa shape index (κ1) is 17.3. The molecule has 1 aliphatic carbocycles. The normalized spacial score (nSPS) is 18.8. The summed E-state index contributed by atoms with van der Waals surface area (Å²) in [6, 6.07) is 13.4. The molecule has 0 amide bonds. The fraction of sp³-hybridized carbons (Fsp3) is 0.364. The molecule has 2 aliphatic rings. The molecule has 2 aromatic rings. The molecule has 1 saturated heterocycles. The zero-order chi connectivity index (χ0) is 18.0. The van der Waals surface area contributed by atoms with Crippen molar-refractivity contribution in [3.8, 4) is 16.9 Å². The number of ether oxygens (including phenoxy) is 3. The highest BCUT2D eigenvalue weighted by molar-refractivity contribution is 5.71. The second-order valence-corrected chi connectivity index (χ2v) is 6.70. The maximum absolute atomic E-state index is 14.1. The number of allylic oxidation sites excluding steroid dienone is 1. The predicted molar refractivity (Wildman–Crippen MR) is 99.5 cm³/mol. The Labute approximate surface area is 153 Å². The molecule has 1 spiro atoms. The van der Waals surface area contributed by atoms with Crippen LogP contribution in [0.15, 0.2) is 48.5 Å². The van der Waals surface area contributed by atoms with Gasteiger partial charge in [-0.25, -0.2) is 4.39 Å². The molecule has 0 N–H and O–H groups in total. The minimum atomic E-state index is -0.386. The van der Waals surface area contributed by atoms with Gasteiger partial charge in [0.25, 0.3) is 0 Å². The standard InChI is InChI=1S/C22H23FO3/c1-2-24-21-8-7-19(15-20(21)23)17-5-3-16(4-6-17)18-9-11-22(12-10-18)25-13-14-26-22/h3-9,15H,2,10-14H2,1H3. The van der Waals surface area contributed by atoms with Crippen molar-refractivity contribution < 1.29 is 18.6 Å². The van der Waals surface area contributed by atoms with Gasteiger partial charge in [0.1, 0.15) is 0 Å². The quantitative estimate of drug-likeness (QED) is 0.755. The van der Waals surface area contributed by atoms with Crippen LogP contribution in [0, 0.1) is 5.82 Å². The van der Waals surface area contributed by atoms with Crippen LogP contribution >= 0.6 is 0 Å². The van der Waals surface area contributed by atoms with Crippen molar-refractivity contribution in [2.75, 3.05) is 19.8 Å². The molecule has 0 atom stereocenters. The third kappa shape index (κ3) is 3.39. The van der Waals surface area contributed by atoms with Gasteiger partial charge >= 0.3 is 0 Å². The summed E-state index contributed by atoms with van der Waals surface area (Å²) >= 11 is 0. The van der Waals surface area contributed by atoms with Gasteiger partial charge in [-0.2, -0.15) is 0 Å². The third-order valence-corrected chi connectivity index (χ3v) is 5.07. The topological polar surface area (TPSA) is 27.7 Å². The van der Waals surface area contributed by atoms with Crippen molar-refractivity contribution in [2.45, 2.75) is 32.0 Å². The van der Waals surface area contributed by atoms with Crippen LogP contribution in [0.2, 0.25) is 0 Å². The minimum absolute atomic E-state index is 0.297. The zero-order valence-corrected chi connectivity index (χ0v) is 15.0. The Morgan fingerprint density at radius 1 is 1.00 bits per heavy atom. The maximum atomic E-state index is 14.1. The Morgan fingerprint density at radius 2 is 1.69 bits per heavy atom. The van der Waals surface area contributed by atoms with Gasteiger partial charge in [0, 0.05) is 12.8 Å². The van der Waals surface area contributed by atoms with Crippen LogP contribution in [-0.4, -0.2) is 25.6 Å². The molecule has 26 heavy (non-hydrogen) atoms. The Kier molecular flexibility index (Phi) is 4.79. The van der Waals surface area contributed by atoms with E-state index in [9.17, 15) is 4.39 Å². The monoisotopic (exact) mass is 354 g/mol. The summed E-state index contributed by atoms with van der Waals surface area (Å²) in [7, 11) is 0. The molecule has 1 aliphatic heterocycles. The first-order chi connectivity index (χ1) is 12.7. The second kappa shape index (κ2) is 7.22. The lowest BCUT2D eigenvalue weighted by Gasteiger charge is -2.30. The third-order valence-electron chi connectivity index (χ3n) is 5.07. The largest absolute Gasteiger partial charge is 0.491 e. The van der Waals surface area contributed by atoms with Crippen molar-refractivity contribution in [3.63, 3.8) is 0 Å². The lowest BCUT2D eigenvalue weighted by atomic mass is 9.89. The lowest BCUT2D eigenvalue weighted by molar-refractivity contribution is -0.159.